The fourth-order valence-corrected chi connectivity index (χ4v) is 2.56. The number of hydrogen-bond donors (Lipinski definition) is 1. The Kier molecular flexibility index (Phi) is 2.79. The summed E-state index contributed by atoms with van der Waals surface area (Å²) in [5.74, 6) is -0.814. The molecule has 16 heavy (non-hydrogen) atoms. The minimum atomic E-state index is -4.49. The van der Waals surface area contributed by atoms with Crippen LogP contribution >= 0.6 is 11.3 Å². The maximum Gasteiger partial charge on any atom is 0.402 e. The van der Waals surface area contributed by atoms with Gasteiger partial charge < -0.3 is 5.32 Å². The molecule has 1 aliphatic rings. The van der Waals surface area contributed by atoms with Gasteiger partial charge in [-0.2, -0.15) is 24.5 Å². The summed E-state index contributed by atoms with van der Waals surface area (Å²) < 4.78 is 39.0. The second-order valence-electron chi connectivity index (χ2n) is 3.85. The fraction of sp³-hybridized carbons (Fsp3) is 0.500. The SMILES string of the molecule is O=C(c1ccsc1)C1(C(F)(F)F)CCNC1. The average molecular weight is 249 g/mol. The molecule has 0 bridgehead atoms. The fourth-order valence-electron chi connectivity index (χ4n) is 1.93. The van der Waals surface area contributed by atoms with E-state index >= 15 is 0 Å². The van der Waals surface area contributed by atoms with Gasteiger partial charge in [-0.05, 0) is 24.4 Å². The van der Waals surface area contributed by atoms with Gasteiger partial charge in [-0.3, -0.25) is 4.79 Å². The van der Waals surface area contributed by atoms with Crippen molar-refractivity contribution in [3.63, 3.8) is 0 Å². The number of carbonyl (C=O) groups is 1. The lowest BCUT2D eigenvalue weighted by Crippen LogP contribution is -2.46. The molecule has 1 fully saturated rings. The van der Waals surface area contributed by atoms with E-state index in [1.165, 1.54) is 22.8 Å². The van der Waals surface area contributed by atoms with E-state index < -0.39 is 17.4 Å². The standard InChI is InChI=1S/C10H10F3NOS/c11-10(12,13)9(2-3-14-6-9)8(15)7-1-4-16-5-7/h1,4-5,14H,2-3,6H2. The summed E-state index contributed by atoms with van der Waals surface area (Å²) in [5, 5.41) is 5.70. The van der Waals surface area contributed by atoms with Crippen LogP contribution in [-0.2, 0) is 0 Å². The third-order valence-electron chi connectivity index (χ3n) is 2.92. The van der Waals surface area contributed by atoms with Crippen LogP contribution in [0.25, 0.3) is 0 Å². The molecule has 1 aliphatic heterocycles. The zero-order chi connectivity index (χ0) is 11.8. The van der Waals surface area contributed by atoms with E-state index in [1.807, 2.05) is 0 Å². The Morgan fingerprint density at radius 2 is 2.25 bits per heavy atom. The summed E-state index contributed by atoms with van der Waals surface area (Å²) in [7, 11) is 0. The third-order valence-corrected chi connectivity index (χ3v) is 3.60. The van der Waals surface area contributed by atoms with Crippen LogP contribution in [0.3, 0.4) is 0 Å². The van der Waals surface area contributed by atoms with Crippen molar-refractivity contribution in [2.75, 3.05) is 13.1 Å². The first-order chi connectivity index (χ1) is 7.47. The molecule has 0 radical (unpaired) electrons. The normalized spacial score (nSPS) is 25.9. The topological polar surface area (TPSA) is 29.1 Å². The highest BCUT2D eigenvalue weighted by atomic mass is 32.1. The van der Waals surface area contributed by atoms with Crippen LogP contribution in [0.4, 0.5) is 13.2 Å². The number of halogens is 3. The summed E-state index contributed by atoms with van der Waals surface area (Å²) in [6, 6.07) is 1.44. The summed E-state index contributed by atoms with van der Waals surface area (Å²) in [6.07, 6.45) is -4.67. The maximum absolute atomic E-state index is 13.0. The molecule has 2 nitrogen and oxygen atoms in total. The van der Waals surface area contributed by atoms with E-state index in [4.69, 9.17) is 0 Å². The molecule has 88 valence electrons. The summed E-state index contributed by atoms with van der Waals surface area (Å²) in [4.78, 5) is 11.9. The van der Waals surface area contributed by atoms with Crippen LogP contribution in [0.15, 0.2) is 16.8 Å². The first-order valence-electron chi connectivity index (χ1n) is 4.82. The molecule has 1 saturated heterocycles. The van der Waals surface area contributed by atoms with Crippen molar-refractivity contribution >= 4 is 17.1 Å². The largest absolute Gasteiger partial charge is 0.402 e. The predicted molar refractivity (Wildman–Crippen MR) is 54.6 cm³/mol. The zero-order valence-corrected chi connectivity index (χ0v) is 9.12. The van der Waals surface area contributed by atoms with Gasteiger partial charge in [0.05, 0.1) is 0 Å². The Labute approximate surface area is 94.5 Å². The van der Waals surface area contributed by atoms with E-state index in [9.17, 15) is 18.0 Å². The number of ketones is 1. The number of alkyl halides is 3. The number of Topliss-reactive ketones (excluding diaryl/α,β-unsaturated/α-hetero) is 1. The van der Waals surface area contributed by atoms with Crippen LogP contribution in [0.2, 0.25) is 0 Å². The highest BCUT2D eigenvalue weighted by Crippen LogP contribution is 2.45. The monoisotopic (exact) mass is 249 g/mol. The lowest BCUT2D eigenvalue weighted by atomic mass is 9.79. The van der Waals surface area contributed by atoms with E-state index in [1.54, 1.807) is 5.38 Å². The highest BCUT2D eigenvalue weighted by Gasteiger charge is 2.61. The molecule has 1 aromatic rings. The number of hydrogen-bond acceptors (Lipinski definition) is 3. The molecule has 1 atom stereocenters. The van der Waals surface area contributed by atoms with Crippen molar-refractivity contribution in [3.05, 3.63) is 22.4 Å². The minimum absolute atomic E-state index is 0.158. The van der Waals surface area contributed by atoms with Gasteiger partial charge in [-0.1, -0.05) is 0 Å². The maximum atomic E-state index is 13.0. The molecule has 1 unspecified atom stereocenters. The van der Waals surface area contributed by atoms with Crippen molar-refractivity contribution in [3.8, 4) is 0 Å². The zero-order valence-electron chi connectivity index (χ0n) is 8.30. The lowest BCUT2D eigenvalue weighted by molar-refractivity contribution is -0.197. The molecule has 2 rings (SSSR count). The quantitative estimate of drug-likeness (QED) is 0.816. The molecule has 0 spiro atoms. The second kappa shape index (κ2) is 3.85. The van der Waals surface area contributed by atoms with E-state index in [-0.39, 0.29) is 25.1 Å². The van der Waals surface area contributed by atoms with Crippen molar-refractivity contribution in [2.24, 2.45) is 5.41 Å². The summed E-state index contributed by atoms with van der Waals surface area (Å²) in [6.45, 7) is -0.0828. The van der Waals surface area contributed by atoms with Gasteiger partial charge in [-0.25, -0.2) is 0 Å². The third kappa shape index (κ3) is 1.66. The van der Waals surface area contributed by atoms with Crippen LogP contribution < -0.4 is 5.32 Å². The Morgan fingerprint density at radius 3 is 2.69 bits per heavy atom. The van der Waals surface area contributed by atoms with Gasteiger partial charge in [0.25, 0.3) is 0 Å². The van der Waals surface area contributed by atoms with E-state index in [0.29, 0.717) is 0 Å². The van der Waals surface area contributed by atoms with E-state index in [2.05, 4.69) is 5.32 Å². The van der Waals surface area contributed by atoms with Crippen LogP contribution in [0, 0.1) is 5.41 Å². The van der Waals surface area contributed by atoms with Gasteiger partial charge >= 0.3 is 6.18 Å². The molecule has 1 N–H and O–H groups in total. The molecular formula is C10H10F3NOS. The van der Waals surface area contributed by atoms with Gasteiger partial charge in [0, 0.05) is 17.5 Å². The molecular weight excluding hydrogens is 239 g/mol. The highest BCUT2D eigenvalue weighted by molar-refractivity contribution is 7.08. The second-order valence-corrected chi connectivity index (χ2v) is 4.63. The van der Waals surface area contributed by atoms with Gasteiger partial charge in [0.15, 0.2) is 5.78 Å². The molecule has 0 amide bonds. The first-order valence-corrected chi connectivity index (χ1v) is 5.76. The molecule has 0 aliphatic carbocycles. The van der Waals surface area contributed by atoms with E-state index in [0.717, 1.165) is 0 Å². The smallest absolute Gasteiger partial charge is 0.315 e. The van der Waals surface area contributed by atoms with Crippen LogP contribution in [-0.4, -0.2) is 25.0 Å². The summed E-state index contributed by atoms with van der Waals surface area (Å²) in [5.41, 5.74) is -2.07. The van der Waals surface area contributed by atoms with Gasteiger partial charge in [0.2, 0.25) is 0 Å². The number of rotatable bonds is 2. The predicted octanol–water partition coefficient (Wildman–Crippen LogP) is 2.47. The lowest BCUT2D eigenvalue weighted by Gasteiger charge is -2.28. The summed E-state index contributed by atoms with van der Waals surface area (Å²) >= 11 is 1.23. The molecule has 6 heteroatoms. The Balaban J connectivity index is 2.38. The van der Waals surface area contributed by atoms with Crippen molar-refractivity contribution in [1.82, 2.24) is 5.32 Å². The van der Waals surface area contributed by atoms with Crippen LogP contribution in [0.1, 0.15) is 16.8 Å². The Bertz CT molecular complexity index is 379. The number of carbonyl (C=O) groups excluding carboxylic acids is 1. The van der Waals surface area contributed by atoms with Crippen molar-refractivity contribution in [1.29, 1.82) is 0 Å². The Hall–Kier alpha value is -0.880. The van der Waals surface area contributed by atoms with Crippen LogP contribution in [0.5, 0.6) is 0 Å². The number of thiophene rings is 1. The van der Waals surface area contributed by atoms with Gasteiger partial charge in [0.1, 0.15) is 5.41 Å². The molecule has 0 aromatic carbocycles. The average Bonchev–Trinajstić information content (AvgIpc) is 2.88. The molecule has 0 saturated carbocycles. The minimum Gasteiger partial charge on any atom is -0.315 e. The first kappa shape index (κ1) is 11.6. The molecule has 2 heterocycles. The van der Waals surface area contributed by atoms with Crippen molar-refractivity contribution < 1.29 is 18.0 Å². The van der Waals surface area contributed by atoms with Gasteiger partial charge in [-0.15, -0.1) is 0 Å². The number of nitrogens with one attached hydrogen (secondary N) is 1. The molecule has 1 aromatic heterocycles. The Morgan fingerprint density at radius 1 is 1.50 bits per heavy atom. The van der Waals surface area contributed by atoms with Crippen molar-refractivity contribution in [2.45, 2.75) is 12.6 Å².